The summed E-state index contributed by atoms with van der Waals surface area (Å²) in [5.41, 5.74) is -1.32. The highest BCUT2D eigenvalue weighted by atomic mass is 19.4. The first-order chi connectivity index (χ1) is 20.3. The molecule has 0 aromatic heterocycles. The van der Waals surface area contributed by atoms with Gasteiger partial charge in [0.05, 0.1) is 17.2 Å². The molecule has 0 spiro atoms. The molecule has 2 nitrogen and oxygen atoms in total. The van der Waals surface area contributed by atoms with Crippen LogP contribution in [0.15, 0.2) is 72.8 Å². The van der Waals surface area contributed by atoms with Crippen molar-refractivity contribution >= 4 is 0 Å². The molecular weight excluding hydrogens is 571 g/mol. The predicted octanol–water partition coefficient (Wildman–Crippen LogP) is 8.92. The Labute approximate surface area is 247 Å². The Morgan fingerprint density at radius 2 is 1.33 bits per heavy atom. The highest BCUT2D eigenvalue weighted by Gasteiger charge is 2.44. The third kappa shape index (κ3) is 7.26. The van der Waals surface area contributed by atoms with E-state index in [2.05, 4.69) is 4.90 Å². The van der Waals surface area contributed by atoms with Gasteiger partial charge in [0.15, 0.2) is 0 Å². The van der Waals surface area contributed by atoms with Crippen LogP contribution in [-0.2, 0) is 24.2 Å². The summed E-state index contributed by atoms with van der Waals surface area (Å²) in [7, 11) is 0. The maximum absolute atomic E-state index is 13.4. The first kappa shape index (κ1) is 31.5. The Kier molecular flexibility index (Phi) is 9.23. The summed E-state index contributed by atoms with van der Waals surface area (Å²) in [6.07, 6.45) is -5.89. The molecule has 3 aromatic carbocycles. The normalized spacial score (nSPS) is 23.3. The first-order valence-electron chi connectivity index (χ1n) is 14.9. The first-order valence-corrected chi connectivity index (χ1v) is 14.9. The number of aliphatic hydroxyl groups excluding tert-OH is 1. The standard InChI is InChI=1S/C34H36F7NO/c35-29-9-7-24(8-10-29)25-14-18-42(19-15-25)30-12-16-32(17-13-30,26-4-2-1-3-5-26)31(43)11-6-23-20-27(33(36,37)38)22-28(21-23)34(39,40)41/h1-5,7-10,20-22,25,30-31,43H,6,11-19H2/t30?,31-,32?/m1/s1. The molecule has 0 unspecified atom stereocenters. The fraction of sp³-hybridized carbons (Fsp3) is 0.471. The number of hydrogen-bond donors (Lipinski definition) is 1. The maximum atomic E-state index is 13.4. The van der Waals surface area contributed by atoms with Crippen LogP contribution in [0.1, 0.15) is 78.7 Å². The van der Waals surface area contributed by atoms with Gasteiger partial charge in [-0.15, -0.1) is 0 Å². The molecule has 1 heterocycles. The molecule has 0 radical (unpaired) electrons. The highest BCUT2D eigenvalue weighted by Crippen LogP contribution is 2.46. The van der Waals surface area contributed by atoms with Crippen LogP contribution in [0, 0.1) is 5.82 Å². The second-order valence-corrected chi connectivity index (χ2v) is 12.1. The van der Waals surface area contributed by atoms with E-state index in [0.29, 0.717) is 24.8 Å². The van der Waals surface area contributed by atoms with Gasteiger partial charge in [-0.25, -0.2) is 4.39 Å². The summed E-state index contributed by atoms with van der Waals surface area (Å²) in [4.78, 5) is 2.49. The average molecular weight is 608 g/mol. The number of halogens is 7. The lowest BCUT2D eigenvalue weighted by Gasteiger charge is -2.48. The lowest BCUT2D eigenvalue weighted by molar-refractivity contribution is -0.143. The number of benzene rings is 3. The van der Waals surface area contributed by atoms with Gasteiger partial charge in [0.2, 0.25) is 0 Å². The second-order valence-electron chi connectivity index (χ2n) is 12.1. The monoisotopic (exact) mass is 607 g/mol. The summed E-state index contributed by atoms with van der Waals surface area (Å²) >= 11 is 0. The molecule has 1 aliphatic heterocycles. The third-order valence-corrected chi connectivity index (χ3v) is 9.58. The molecule has 2 fully saturated rings. The highest BCUT2D eigenvalue weighted by molar-refractivity contribution is 5.34. The van der Waals surface area contributed by atoms with E-state index in [0.717, 1.165) is 62.0 Å². The number of rotatable bonds is 7. The van der Waals surface area contributed by atoms with E-state index < -0.39 is 35.0 Å². The van der Waals surface area contributed by atoms with Gasteiger partial charge < -0.3 is 10.0 Å². The van der Waals surface area contributed by atoms with Crippen molar-refractivity contribution in [2.45, 2.75) is 87.2 Å². The maximum Gasteiger partial charge on any atom is 0.416 e. The zero-order valence-corrected chi connectivity index (χ0v) is 23.8. The van der Waals surface area contributed by atoms with Crippen molar-refractivity contribution in [1.29, 1.82) is 0 Å². The van der Waals surface area contributed by atoms with Crippen molar-refractivity contribution in [1.82, 2.24) is 4.90 Å². The van der Waals surface area contributed by atoms with E-state index in [9.17, 15) is 35.8 Å². The topological polar surface area (TPSA) is 23.5 Å². The van der Waals surface area contributed by atoms with E-state index in [1.807, 2.05) is 42.5 Å². The van der Waals surface area contributed by atoms with Crippen LogP contribution in [0.2, 0.25) is 0 Å². The number of aryl methyl sites for hydroxylation is 1. The van der Waals surface area contributed by atoms with Crippen molar-refractivity contribution in [3.63, 3.8) is 0 Å². The molecule has 1 atom stereocenters. The van der Waals surface area contributed by atoms with Crippen molar-refractivity contribution in [2.24, 2.45) is 0 Å². The van der Waals surface area contributed by atoms with Gasteiger partial charge in [0.25, 0.3) is 0 Å². The van der Waals surface area contributed by atoms with Crippen LogP contribution < -0.4 is 0 Å². The van der Waals surface area contributed by atoms with E-state index in [4.69, 9.17) is 0 Å². The fourth-order valence-electron chi connectivity index (χ4n) is 7.14. The molecule has 232 valence electrons. The van der Waals surface area contributed by atoms with Gasteiger partial charge in [0.1, 0.15) is 5.82 Å². The predicted molar refractivity (Wildman–Crippen MR) is 151 cm³/mol. The quantitative estimate of drug-likeness (QED) is 0.271. The van der Waals surface area contributed by atoms with E-state index in [-0.39, 0.29) is 30.3 Å². The minimum atomic E-state index is -4.91. The third-order valence-electron chi connectivity index (χ3n) is 9.58. The Balaban J connectivity index is 1.27. The molecule has 1 saturated carbocycles. The molecule has 1 saturated heterocycles. The lowest BCUT2D eigenvalue weighted by atomic mass is 9.63. The summed E-state index contributed by atoms with van der Waals surface area (Å²) in [5.74, 6) is 0.146. The Morgan fingerprint density at radius 1 is 0.767 bits per heavy atom. The average Bonchev–Trinajstić information content (AvgIpc) is 3.00. The molecule has 2 aliphatic rings. The summed E-state index contributed by atoms with van der Waals surface area (Å²) in [6, 6.07) is 18.2. The summed E-state index contributed by atoms with van der Waals surface area (Å²) in [6.45, 7) is 1.84. The zero-order valence-electron chi connectivity index (χ0n) is 23.8. The van der Waals surface area contributed by atoms with Crippen LogP contribution in [-0.4, -0.2) is 35.2 Å². The summed E-state index contributed by atoms with van der Waals surface area (Å²) in [5, 5.41) is 11.6. The molecule has 43 heavy (non-hydrogen) atoms. The van der Waals surface area contributed by atoms with E-state index in [1.165, 1.54) is 12.1 Å². The second kappa shape index (κ2) is 12.6. The van der Waals surface area contributed by atoms with Crippen molar-refractivity contribution < 1.29 is 35.8 Å². The van der Waals surface area contributed by atoms with Gasteiger partial charge in [-0.3, -0.25) is 0 Å². The van der Waals surface area contributed by atoms with Crippen molar-refractivity contribution in [2.75, 3.05) is 13.1 Å². The zero-order chi connectivity index (χ0) is 30.8. The molecule has 1 aliphatic carbocycles. The molecular formula is C34H36F7NO. The van der Waals surface area contributed by atoms with Crippen LogP contribution in [0.4, 0.5) is 30.7 Å². The van der Waals surface area contributed by atoms with Crippen LogP contribution >= 0.6 is 0 Å². The molecule has 3 aromatic rings. The lowest BCUT2D eigenvalue weighted by Crippen LogP contribution is -2.49. The van der Waals surface area contributed by atoms with Gasteiger partial charge >= 0.3 is 12.4 Å². The summed E-state index contributed by atoms with van der Waals surface area (Å²) < 4.78 is 93.7. The van der Waals surface area contributed by atoms with Gasteiger partial charge in [-0.2, -0.15) is 26.3 Å². The Hall–Kier alpha value is -2.91. The van der Waals surface area contributed by atoms with E-state index >= 15 is 0 Å². The molecule has 9 heteroatoms. The Morgan fingerprint density at radius 3 is 1.86 bits per heavy atom. The number of hydrogen-bond acceptors (Lipinski definition) is 2. The van der Waals surface area contributed by atoms with Crippen LogP contribution in [0.3, 0.4) is 0 Å². The van der Waals surface area contributed by atoms with Crippen LogP contribution in [0.5, 0.6) is 0 Å². The van der Waals surface area contributed by atoms with Gasteiger partial charge in [0, 0.05) is 11.5 Å². The number of piperidine rings is 1. The minimum Gasteiger partial charge on any atom is -0.392 e. The molecule has 5 rings (SSSR count). The van der Waals surface area contributed by atoms with Crippen molar-refractivity contribution in [3.8, 4) is 0 Å². The molecule has 0 bridgehead atoms. The minimum absolute atomic E-state index is 0.0429. The fourth-order valence-corrected chi connectivity index (χ4v) is 7.14. The number of nitrogens with zero attached hydrogens (tertiary/aromatic N) is 1. The Bertz CT molecular complexity index is 1310. The number of aliphatic hydroxyl groups is 1. The van der Waals surface area contributed by atoms with Crippen LogP contribution in [0.25, 0.3) is 0 Å². The number of alkyl halides is 6. The molecule has 1 N–H and O–H groups in total. The number of likely N-dealkylation sites (tertiary alicyclic amines) is 1. The van der Waals surface area contributed by atoms with Gasteiger partial charge in [-0.05, 0) is 117 Å². The van der Waals surface area contributed by atoms with E-state index in [1.54, 1.807) is 0 Å². The smallest absolute Gasteiger partial charge is 0.392 e. The van der Waals surface area contributed by atoms with Crippen molar-refractivity contribution in [3.05, 3.63) is 106 Å². The van der Waals surface area contributed by atoms with Gasteiger partial charge in [-0.1, -0.05) is 42.5 Å². The molecule has 0 amide bonds. The SMILES string of the molecule is O[C@H](CCc1cc(C(F)(F)F)cc(C(F)(F)F)c1)C1(c2ccccc2)CCC(N2CCC(c3ccc(F)cc3)CC2)CC1. The largest absolute Gasteiger partial charge is 0.416 e.